The molecule has 8 rings (SSSR count). The monoisotopic (exact) mass is 707 g/mol. The summed E-state index contributed by atoms with van der Waals surface area (Å²) in [6.45, 7) is 4.38. The van der Waals surface area contributed by atoms with Crippen molar-refractivity contribution in [3.8, 4) is 28.3 Å². The van der Waals surface area contributed by atoms with Gasteiger partial charge in [0.15, 0.2) is 5.82 Å². The van der Waals surface area contributed by atoms with Crippen molar-refractivity contribution in [1.82, 2.24) is 39.8 Å². The van der Waals surface area contributed by atoms with E-state index in [1.165, 1.54) is 23.4 Å². The number of nitrogens with zero attached hydrogens (tertiary/aromatic N) is 6. The lowest BCUT2D eigenvalue weighted by Crippen LogP contribution is -2.59. The Bertz CT molecular complexity index is 2370. The molecule has 5 heterocycles. The first-order valence-corrected chi connectivity index (χ1v) is 17.4. The molecule has 2 fully saturated rings. The molecule has 0 unspecified atom stereocenters. The molecule has 0 saturated carbocycles. The number of methoxy groups -OCH3 is 1. The fourth-order valence-corrected chi connectivity index (χ4v) is 8.45. The SMILES string of the molecule is COc1nc(-c2cccc(-c3cccc(Nc4nncc5c4c(=O)n(C)c(=O)n5C)c3C)c2Cl)cc2c1[C@H](N1CC[C@@]3(CCNC(=O)N3)C1)CC2. The molecule has 5 aromatic rings. The van der Waals surface area contributed by atoms with Gasteiger partial charge in [-0.05, 0) is 61.4 Å². The van der Waals surface area contributed by atoms with Crippen LogP contribution in [-0.2, 0) is 20.5 Å². The second-order valence-corrected chi connectivity index (χ2v) is 14.1. The predicted octanol–water partition coefficient (Wildman–Crippen LogP) is 4.60. The number of halogens is 1. The van der Waals surface area contributed by atoms with Crippen molar-refractivity contribution < 1.29 is 9.53 Å². The molecule has 1 spiro atoms. The largest absolute Gasteiger partial charge is 0.481 e. The van der Waals surface area contributed by atoms with E-state index >= 15 is 0 Å². The zero-order chi connectivity index (χ0) is 35.6. The summed E-state index contributed by atoms with van der Waals surface area (Å²) in [5.41, 5.74) is 6.44. The normalized spacial score (nSPS) is 20.0. The number of anilines is 2. The summed E-state index contributed by atoms with van der Waals surface area (Å²) in [5, 5.41) is 18.5. The Hall–Kier alpha value is -5.27. The van der Waals surface area contributed by atoms with Crippen LogP contribution in [0, 0.1) is 6.92 Å². The molecule has 13 nitrogen and oxygen atoms in total. The number of hydrogen-bond donors (Lipinski definition) is 3. The third kappa shape index (κ3) is 5.42. The van der Waals surface area contributed by atoms with Crippen molar-refractivity contribution in [3.05, 3.63) is 91.2 Å². The van der Waals surface area contributed by atoms with E-state index in [2.05, 4.69) is 37.1 Å². The van der Waals surface area contributed by atoms with Crippen LogP contribution in [0.5, 0.6) is 5.88 Å². The fraction of sp³-hybridized carbons (Fsp3) is 0.351. The van der Waals surface area contributed by atoms with Crippen LogP contribution in [0.2, 0.25) is 5.02 Å². The number of urea groups is 1. The van der Waals surface area contributed by atoms with Crippen molar-refractivity contribution in [3.63, 3.8) is 0 Å². The van der Waals surface area contributed by atoms with Crippen molar-refractivity contribution in [2.45, 2.75) is 44.2 Å². The highest BCUT2D eigenvalue weighted by Gasteiger charge is 2.45. The Kier molecular flexibility index (Phi) is 8.06. The standard InChI is InChI=1S/C37H38ClN9O4/c1-20-22(7-6-10-25(20)41-32-30-28(18-40-44-32)45(2)36(50)46(3)34(30)48)23-8-5-9-24(31(23)38)26-17-21-11-12-27(29(21)33(42-26)51-4)47-16-14-37(19-47)13-15-39-35(49)43-37/h5-10,17-18,27H,11-16,19H2,1-4H3,(H,41,44)(H2,39,43,49)/t27-,37+/m1/s1. The number of aryl methyl sites for hydroxylation is 2. The van der Waals surface area contributed by atoms with Gasteiger partial charge in [-0.2, -0.15) is 5.10 Å². The zero-order valence-electron chi connectivity index (χ0n) is 28.8. The number of pyridine rings is 1. The van der Waals surface area contributed by atoms with Gasteiger partial charge < -0.3 is 20.7 Å². The molecule has 0 bridgehead atoms. The Balaban J connectivity index is 1.12. The van der Waals surface area contributed by atoms with Crippen molar-refractivity contribution in [1.29, 1.82) is 0 Å². The molecule has 14 heteroatoms. The average molecular weight is 708 g/mol. The summed E-state index contributed by atoms with van der Waals surface area (Å²) in [7, 11) is 4.70. The van der Waals surface area contributed by atoms with Crippen LogP contribution in [0.15, 0.2) is 58.3 Å². The van der Waals surface area contributed by atoms with Gasteiger partial charge in [0.2, 0.25) is 5.88 Å². The lowest BCUT2D eigenvalue weighted by molar-refractivity contribution is 0.187. The summed E-state index contributed by atoms with van der Waals surface area (Å²) in [5.74, 6) is 0.852. The number of likely N-dealkylation sites (tertiary alicyclic amines) is 1. The molecule has 2 atom stereocenters. The Morgan fingerprint density at radius 2 is 1.82 bits per heavy atom. The van der Waals surface area contributed by atoms with Gasteiger partial charge in [-0.25, -0.2) is 14.6 Å². The van der Waals surface area contributed by atoms with Gasteiger partial charge in [-0.3, -0.25) is 18.8 Å². The number of hydrogen-bond acceptors (Lipinski definition) is 9. The number of ether oxygens (including phenoxy) is 1. The highest BCUT2D eigenvalue weighted by atomic mass is 35.5. The number of carbonyl (C=O) groups is 1. The van der Waals surface area contributed by atoms with Gasteiger partial charge in [0, 0.05) is 62.1 Å². The molecule has 0 radical (unpaired) electrons. The lowest BCUT2D eigenvalue weighted by atomic mass is 9.93. The molecule has 2 aromatic carbocycles. The average Bonchev–Trinajstić information content (AvgIpc) is 3.74. The van der Waals surface area contributed by atoms with Gasteiger partial charge in [0.1, 0.15) is 5.39 Å². The van der Waals surface area contributed by atoms with Gasteiger partial charge in [-0.15, -0.1) is 5.10 Å². The quantitative estimate of drug-likeness (QED) is 0.230. The number of benzene rings is 2. The Morgan fingerprint density at radius 1 is 1.04 bits per heavy atom. The minimum absolute atomic E-state index is 0.0866. The van der Waals surface area contributed by atoms with Gasteiger partial charge >= 0.3 is 11.7 Å². The molecule has 3 aliphatic rings. The molecule has 1 aliphatic carbocycles. The maximum Gasteiger partial charge on any atom is 0.330 e. The zero-order valence-corrected chi connectivity index (χ0v) is 29.6. The summed E-state index contributed by atoms with van der Waals surface area (Å²) in [6, 6.07) is 13.9. The first kappa shape index (κ1) is 32.9. The minimum atomic E-state index is -0.460. The minimum Gasteiger partial charge on any atom is -0.481 e. The van der Waals surface area contributed by atoms with Crippen molar-refractivity contribution in [2.75, 3.05) is 32.1 Å². The number of rotatable bonds is 6. The van der Waals surface area contributed by atoms with Crippen molar-refractivity contribution in [2.24, 2.45) is 14.1 Å². The molecular formula is C37H38ClN9O4. The van der Waals surface area contributed by atoms with Crippen LogP contribution in [0.1, 0.15) is 42.0 Å². The van der Waals surface area contributed by atoms with Gasteiger partial charge in [0.05, 0.1) is 35.1 Å². The number of nitrogens with one attached hydrogen (secondary N) is 3. The van der Waals surface area contributed by atoms with E-state index in [-0.39, 0.29) is 28.8 Å². The molecule has 2 amide bonds. The molecular weight excluding hydrogens is 670 g/mol. The van der Waals surface area contributed by atoms with Gasteiger partial charge in [-0.1, -0.05) is 41.9 Å². The third-order valence-electron chi connectivity index (χ3n) is 10.9. The van der Waals surface area contributed by atoms with Crippen LogP contribution in [0.25, 0.3) is 33.3 Å². The second kappa shape index (κ2) is 12.5. The number of aromatic nitrogens is 5. The second-order valence-electron chi connectivity index (χ2n) is 13.7. The summed E-state index contributed by atoms with van der Waals surface area (Å²) in [4.78, 5) is 45.3. The number of carbonyl (C=O) groups excluding carboxylic acids is 1. The van der Waals surface area contributed by atoms with E-state index in [9.17, 15) is 14.4 Å². The maximum absolute atomic E-state index is 13.2. The smallest absolute Gasteiger partial charge is 0.330 e. The van der Waals surface area contributed by atoms with Crippen LogP contribution >= 0.6 is 11.6 Å². The number of fused-ring (bicyclic) bond motifs is 2. The van der Waals surface area contributed by atoms with Crippen LogP contribution in [0.4, 0.5) is 16.3 Å². The third-order valence-corrected chi connectivity index (χ3v) is 11.3. The van der Waals surface area contributed by atoms with E-state index < -0.39 is 11.2 Å². The first-order chi connectivity index (χ1) is 24.6. The summed E-state index contributed by atoms with van der Waals surface area (Å²) in [6.07, 6.45) is 5.10. The first-order valence-electron chi connectivity index (χ1n) is 17.0. The molecule has 2 aliphatic heterocycles. The van der Waals surface area contributed by atoms with E-state index in [1.807, 2.05) is 43.3 Å². The molecule has 3 aromatic heterocycles. The van der Waals surface area contributed by atoms with Crippen LogP contribution in [-0.4, -0.2) is 67.5 Å². The van der Waals surface area contributed by atoms with Crippen molar-refractivity contribution >= 4 is 40.0 Å². The molecule has 3 N–H and O–H groups in total. The topological polar surface area (TPSA) is 148 Å². The maximum atomic E-state index is 13.2. The molecule has 51 heavy (non-hydrogen) atoms. The van der Waals surface area contributed by atoms with E-state index in [0.717, 1.165) is 76.9 Å². The number of amides is 2. The lowest BCUT2D eigenvalue weighted by Gasteiger charge is -2.36. The molecule has 2 saturated heterocycles. The fourth-order valence-electron chi connectivity index (χ4n) is 8.12. The highest BCUT2D eigenvalue weighted by Crippen LogP contribution is 2.46. The molecule has 262 valence electrons. The van der Waals surface area contributed by atoms with E-state index in [1.54, 1.807) is 14.2 Å². The summed E-state index contributed by atoms with van der Waals surface area (Å²) >= 11 is 7.24. The summed E-state index contributed by atoms with van der Waals surface area (Å²) < 4.78 is 8.39. The Morgan fingerprint density at radius 3 is 2.63 bits per heavy atom. The van der Waals surface area contributed by atoms with Crippen LogP contribution in [0.3, 0.4) is 0 Å². The van der Waals surface area contributed by atoms with Crippen LogP contribution < -0.4 is 31.9 Å². The Labute approximate surface area is 298 Å². The van der Waals surface area contributed by atoms with E-state index in [0.29, 0.717) is 28.7 Å². The van der Waals surface area contributed by atoms with E-state index in [4.69, 9.17) is 21.3 Å². The van der Waals surface area contributed by atoms with Gasteiger partial charge in [0.25, 0.3) is 5.56 Å². The highest BCUT2D eigenvalue weighted by molar-refractivity contribution is 6.36. The predicted molar refractivity (Wildman–Crippen MR) is 196 cm³/mol.